The molecule has 0 saturated carbocycles. The fraction of sp³-hybridized carbons (Fsp3) is 0.667. The molecule has 0 aliphatic rings. The van der Waals surface area contributed by atoms with Gasteiger partial charge in [0.15, 0.2) is 0 Å². The van der Waals surface area contributed by atoms with Crippen LogP contribution in [0.4, 0.5) is 0 Å². The average Bonchev–Trinajstić information content (AvgIpc) is 2.04. The first-order chi connectivity index (χ1) is 5.31. The van der Waals surface area contributed by atoms with Gasteiger partial charge in [-0.05, 0) is 31.8 Å². The van der Waals surface area contributed by atoms with Crippen LogP contribution in [-0.2, 0) is 4.79 Å². The number of aldehydes is 1. The fourth-order valence-corrected chi connectivity index (χ4v) is 0.827. The van der Waals surface area contributed by atoms with E-state index in [0.717, 1.165) is 32.0 Å². The Morgan fingerprint density at radius 2 is 2.27 bits per heavy atom. The van der Waals surface area contributed by atoms with Crippen molar-refractivity contribution in [2.45, 2.75) is 38.7 Å². The van der Waals surface area contributed by atoms with Gasteiger partial charge in [0.2, 0.25) is 0 Å². The van der Waals surface area contributed by atoms with Crippen molar-refractivity contribution in [1.82, 2.24) is 0 Å². The van der Waals surface area contributed by atoms with Gasteiger partial charge in [0.1, 0.15) is 6.29 Å². The lowest BCUT2D eigenvalue weighted by Crippen LogP contribution is -2.02. The van der Waals surface area contributed by atoms with Crippen molar-refractivity contribution in [2.75, 3.05) is 0 Å². The van der Waals surface area contributed by atoms with Crippen LogP contribution in [0.15, 0.2) is 12.2 Å². The molecule has 1 N–H and O–H groups in total. The molecule has 0 rings (SSSR count). The molecule has 0 heterocycles. The normalized spacial score (nSPS) is 13.6. The van der Waals surface area contributed by atoms with Crippen LogP contribution in [0.25, 0.3) is 0 Å². The summed E-state index contributed by atoms with van der Waals surface area (Å²) in [5.74, 6) is 0. The molecule has 0 amide bonds. The molecule has 64 valence electrons. The van der Waals surface area contributed by atoms with Crippen molar-refractivity contribution >= 4 is 6.29 Å². The summed E-state index contributed by atoms with van der Waals surface area (Å²) in [4.78, 5) is 9.82. The van der Waals surface area contributed by atoms with Gasteiger partial charge >= 0.3 is 0 Å². The monoisotopic (exact) mass is 156 g/mol. The molecule has 0 aliphatic carbocycles. The first-order valence-corrected chi connectivity index (χ1v) is 4.09. The summed E-state index contributed by atoms with van der Waals surface area (Å²) in [6.07, 6.45) is 7.43. The summed E-state index contributed by atoms with van der Waals surface area (Å²) in [6.45, 7) is 1.96. The smallest absolute Gasteiger partial charge is 0.142 e. The molecule has 0 saturated heterocycles. The van der Waals surface area contributed by atoms with Crippen molar-refractivity contribution in [1.29, 1.82) is 0 Å². The predicted octanol–water partition coefficient (Wildman–Crippen LogP) is 1.68. The molecule has 2 heteroatoms. The van der Waals surface area contributed by atoms with Gasteiger partial charge in [0.25, 0.3) is 0 Å². The highest BCUT2D eigenvalue weighted by molar-refractivity contribution is 5.64. The van der Waals surface area contributed by atoms with Crippen LogP contribution >= 0.6 is 0 Å². The third kappa shape index (κ3) is 7.26. The van der Waals surface area contributed by atoms with E-state index in [-0.39, 0.29) is 6.10 Å². The molecule has 0 bridgehead atoms. The van der Waals surface area contributed by atoms with E-state index in [1.165, 1.54) is 6.08 Å². The van der Waals surface area contributed by atoms with Crippen molar-refractivity contribution < 1.29 is 9.90 Å². The highest BCUT2D eigenvalue weighted by Crippen LogP contribution is 2.03. The van der Waals surface area contributed by atoms with Crippen LogP contribution in [-0.4, -0.2) is 17.5 Å². The van der Waals surface area contributed by atoms with Crippen LogP contribution in [0.5, 0.6) is 0 Å². The zero-order valence-corrected chi connectivity index (χ0v) is 6.99. The minimum Gasteiger partial charge on any atom is -0.393 e. The molecule has 1 unspecified atom stereocenters. The Hall–Kier alpha value is -0.630. The van der Waals surface area contributed by atoms with E-state index in [2.05, 4.69) is 0 Å². The van der Waals surface area contributed by atoms with E-state index in [4.69, 9.17) is 5.11 Å². The summed E-state index contributed by atoms with van der Waals surface area (Å²) in [5.41, 5.74) is 0. The Morgan fingerprint density at radius 3 is 2.82 bits per heavy atom. The SMILES string of the molecule is CCC(O)CCCC=CC=O. The molecule has 0 aromatic rings. The van der Waals surface area contributed by atoms with E-state index >= 15 is 0 Å². The maximum atomic E-state index is 9.82. The van der Waals surface area contributed by atoms with E-state index in [1.54, 1.807) is 0 Å². The van der Waals surface area contributed by atoms with Crippen molar-refractivity contribution in [3.8, 4) is 0 Å². The number of hydrogen-bond acceptors (Lipinski definition) is 2. The Balaban J connectivity index is 3.13. The number of unbranched alkanes of at least 4 members (excludes halogenated alkanes) is 1. The third-order valence-corrected chi connectivity index (χ3v) is 1.59. The number of hydrogen-bond donors (Lipinski definition) is 1. The lowest BCUT2D eigenvalue weighted by atomic mass is 10.1. The second kappa shape index (κ2) is 7.48. The quantitative estimate of drug-likeness (QED) is 0.361. The standard InChI is InChI=1S/C9H16O2/c1-2-9(11)7-5-3-4-6-8-10/h4,6,8-9,11H,2-3,5,7H2,1H3. The predicted molar refractivity (Wildman–Crippen MR) is 45.4 cm³/mol. The zero-order valence-electron chi connectivity index (χ0n) is 6.99. The summed E-state index contributed by atoms with van der Waals surface area (Å²) in [5, 5.41) is 9.12. The van der Waals surface area contributed by atoms with Gasteiger partial charge in [-0.25, -0.2) is 0 Å². The van der Waals surface area contributed by atoms with Crippen molar-refractivity contribution in [3.63, 3.8) is 0 Å². The molecule has 11 heavy (non-hydrogen) atoms. The molecule has 2 nitrogen and oxygen atoms in total. The number of rotatable bonds is 6. The minimum absolute atomic E-state index is 0.167. The highest BCUT2D eigenvalue weighted by atomic mass is 16.3. The van der Waals surface area contributed by atoms with Gasteiger partial charge in [-0.2, -0.15) is 0 Å². The van der Waals surface area contributed by atoms with E-state index < -0.39 is 0 Å². The Morgan fingerprint density at radius 1 is 1.55 bits per heavy atom. The maximum Gasteiger partial charge on any atom is 0.142 e. The van der Waals surface area contributed by atoms with Gasteiger partial charge in [-0.1, -0.05) is 13.0 Å². The Labute approximate surface area is 67.9 Å². The van der Waals surface area contributed by atoms with Crippen LogP contribution in [0.3, 0.4) is 0 Å². The molecule has 0 aromatic heterocycles. The Kier molecular flexibility index (Phi) is 7.05. The summed E-state index contributed by atoms with van der Waals surface area (Å²) in [6, 6.07) is 0. The lowest BCUT2D eigenvalue weighted by Gasteiger charge is -2.04. The van der Waals surface area contributed by atoms with Crippen molar-refractivity contribution in [3.05, 3.63) is 12.2 Å². The van der Waals surface area contributed by atoms with Gasteiger partial charge in [-0.15, -0.1) is 0 Å². The van der Waals surface area contributed by atoms with E-state index in [0.29, 0.717) is 0 Å². The largest absolute Gasteiger partial charge is 0.393 e. The van der Waals surface area contributed by atoms with Gasteiger partial charge in [0, 0.05) is 0 Å². The number of carbonyl (C=O) groups is 1. The van der Waals surface area contributed by atoms with E-state index in [1.807, 2.05) is 13.0 Å². The molecule has 0 spiro atoms. The molecular weight excluding hydrogens is 140 g/mol. The minimum atomic E-state index is -0.167. The van der Waals surface area contributed by atoms with Crippen LogP contribution < -0.4 is 0 Å². The molecule has 1 atom stereocenters. The van der Waals surface area contributed by atoms with Crippen LogP contribution in [0.1, 0.15) is 32.6 Å². The van der Waals surface area contributed by atoms with Crippen molar-refractivity contribution in [2.24, 2.45) is 0 Å². The molecule has 0 aromatic carbocycles. The van der Waals surface area contributed by atoms with E-state index in [9.17, 15) is 4.79 Å². The summed E-state index contributed by atoms with van der Waals surface area (Å²) < 4.78 is 0. The number of aliphatic hydroxyl groups is 1. The van der Waals surface area contributed by atoms with Gasteiger partial charge in [-0.3, -0.25) is 4.79 Å². The average molecular weight is 156 g/mol. The summed E-state index contributed by atoms with van der Waals surface area (Å²) in [7, 11) is 0. The zero-order chi connectivity index (χ0) is 8.53. The number of allylic oxidation sites excluding steroid dienone is 2. The molecular formula is C9H16O2. The number of aliphatic hydroxyl groups excluding tert-OH is 1. The summed E-state index contributed by atoms with van der Waals surface area (Å²) >= 11 is 0. The third-order valence-electron chi connectivity index (χ3n) is 1.59. The highest BCUT2D eigenvalue weighted by Gasteiger charge is 1.97. The second-order valence-corrected chi connectivity index (χ2v) is 2.56. The topological polar surface area (TPSA) is 37.3 Å². The molecule has 0 aliphatic heterocycles. The maximum absolute atomic E-state index is 9.82. The first-order valence-electron chi connectivity index (χ1n) is 4.09. The van der Waals surface area contributed by atoms with Crippen LogP contribution in [0, 0.1) is 0 Å². The number of carbonyl (C=O) groups excluding carboxylic acids is 1. The molecule has 0 radical (unpaired) electrons. The second-order valence-electron chi connectivity index (χ2n) is 2.56. The molecule has 0 fully saturated rings. The van der Waals surface area contributed by atoms with Gasteiger partial charge < -0.3 is 5.11 Å². The fourth-order valence-electron chi connectivity index (χ4n) is 0.827. The van der Waals surface area contributed by atoms with Gasteiger partial charge in [0.05, 0.1) is 6.10 Å². The first kappa shape index (κ1) is 10.4. The lowest BCUT2D eigenvalue weighted by molar-refractivity contribution is -0.104. The van der Waals surface area contributed by atoms with Crippen LogP contribution in [0.2, 0.25) is 0 Å². The Bertz CT molecular complexity index is 119.